The van der Waals surface area contributed by atoms with E-state index in [-0.39, 0.29) is 24.0 Å². The van der Waals surface area contributed by atoms with E-state index in [1.54, 1.807) is 11.3 Å². The maximum absolute atomic E-state index is 4.72. The van der Waals surface area contributed by atoms with Crippen molar-refractivity contribution in [1.82, 2.24) is 20.5 Å². The molecule has 1 aliphatic rings. The second-order valence-electron chi connectivity index (χ2n) is 5.74. The summed E-state index contributed by atoms with van der Waals surface area (Å²) in [6.45, 7) is 13.4. The molecule has 0 aromatic carbocycles. The number of hydrogen-bond donors (Lipinski definition) is 2. The molecule has 5 nitrogen and oxygen atoms in total. The highest BCUT2D eigenvalue weighted by molar-refractivity contribution is 14.0. The quantitative estimate of drug-likeness (QED) is 0.397. The third-order valence-electron chi connectivity index (χ3n) is 4.13. The van der Waals surface area contributed by atoms with E-state index in [0.29, 0.717) is 12.6 Å². The van der Waals surface area contributed by atoms with Crippen LogP contribution in [0.5, 0.6) is 0 Å². The van der Waals surface area contributed by atoms with Gasteiger partial charge in [0, 0.05) is 24.0 Å². The molecule has 1 atom stereocenters. The summed E-state index contributed by atoms with van der Waals surface area (Å²) in [6, 6.07) is 0.640. The first kappa shape index (κ1) is 20.6. The standard InChI is InChI=1S/C16H29N5S.HI/c1-5-17-16(18-10-14-8-7-9-21(14)6-2)19-11-15-12(3)20-13(4)22-15;/h14H,5-11H2,1-4H3,(H2,17,18,19);1H. The van der Waals surface area contributed by atoms with Crippen molar-refractivity contribution in [3.63, 3.8) is 0 Å². The smallest absolute Gasteiger partial charge is 0.191 e. The molecule has 1 fully saturated rings. The average molecular weight is 451 g/mol. The first-order valence-corrected chi connectivity index (χ1v) is 9.14. The molecular formula is C16H30IN5S. The predicted octanol–water partition coefficient (Wildman–Crippen LogP) is 2.92. The largest absolute Gasteiger partial charge is 0.357 e. The Labute approximate surface area is 161 Å². The fraction of sp³-hybridized carbons (Fsp3) is 0.750. The molecule has 0 radical (unpaired) electrons. The molecule has 7 heteroatoms. The third-order valence-corrected chi connectivity index (χ3v) is 5.19. The van der Waals surface area contributed by atoms with Gasteiger partial charge in [0.2, 0.25) is 0 Å². The summed E-state index contributed by atoms with van der Waals surface area (Å²) < 4.78 is 0. The molecular weight excluding hydrogens is 421 g/mol. The monoisotopic (exact) mass is 451 g/mol. The molecule has 2 rings (SSSR count). The minimum atomic E-state index is 0. The van der Waals surface area contributed by atoms with Crippen LogP contribution in [-0.4, -0.2) is 48.1 Å². The Kier molecular flexibility index (Phi) is 9.38. The number of hydrogen-bond acceptors (Lipinski definition) is 4. The van der Waals surface area contributed by atoms with Gasteiger partial charge in [0.05, 0.1) is 17.2 Å². The van der Waals surface area contributed by atoms with E-state index in [0.717, 1.165) is 36.3 Å². The van der Waals surface area contributed by atoms with E-state index in [9.17, 15) is 0 Å². The zero-order chi connectivity index (χ0) is 15.9. The number of aliphatic imine (C=N–C) groups is 1. The number of halogens is 1. The second-order valence-corrected chi connectivity index (χ2v) is 7.03. The lowest BCUT2D eigenvalue weighted by atomic mass is 10.2. The van der Waals surface area contributed by atoms with E-state index < -0.39 is 0 Å². The van der Waals surface area contributed by atoms with Gasteiger partial charge < -0.3 is 10.6 Å². The summed E-state index contributed by atoms with van der Waals surface area (Å²) in [6.07, 6.45) is 2.60. The predicted molar refractivity (Wildman–Crippen MR) is 110 cm³/mol. The molecule has 1 unspecified atom stereocenters. The lowest BCUT2D eigenvalue weighted by molar-refractivity contribution is 0.267. The fourth-order valence-electron chi connectivity index (χ4n) is 2.97. The van der Waals surface area contributed by atoms with Crippen LogP contribution in [0.15, 0.2) is 4.99 Å². The molecule has 0 aliphatic carbocycles. The highest BCUT2D eigenvalue weighted by Gasteiger charge is 2.22. The van der Waals surface area contributed by atoms with Crippen LogP contribution in [0.3, 0.4) is 0 Å². The van der Waals surface area contributed by atoms with Crippen LogP contribution in [0, 0.1) is 13.8 Å². The van der Waals surface area contributed by atoms with Gasteiger partial charge in [-0.25, -0.2) is 9.98 Å². The molecule has 0 bridgehead atoms. The Bertz CT molecular complexity index is 503. The summed E-state index contributed by atoms with van der Waals surface area (Å²) in [4.78, 5) is 13.0. The Morgan fingerprint density at radius 2 is 2.13 bits per heavy atom. The van der Waals surface area contributed by atoms with Crippen LogP contribution in [0.2, 0.25) is 0 Å². The molecule has 23 heavy (non-hydrogen) atoms. The van der Waals surface area contributed by atoms with Gasteiger partial charge in [0.15, 0.2) is 5.96 Å². The van der Waals surface area contributed by atoms with Crippen molar-refractivity contribution in [3.05, 3.63) is 15.6 Å². The number of guanidine groups is 1. The summed E-state index contributed by atoms with van der Waals surface area (Å²) >= 11 is 1.74. The van der Waals surface area contributed by atoms with Crippen LogP contribution in [0.25, 0.3) is 0 Å². The molecule has 2 heterocycles. The van der Waals surface area contributed by atoms with Crippen LogP contribution < -0.4 is 10.6 Å². The van der Waals surface area contributed by atoms with Crippen molar-refractivity contribution in [2.75, 3.05) is 26.2 Å². The van der Waals surface area contributed by atoms with E-state index in [4.69, 9.17) is 4.99 Å². The Morgan fingerprint density at radius 3 is 2.74 bits per heavy atom. The van der Waals surface area contributed by atoms with Crippen molar-refractivity contribution < 1.29 is 0 Å². The van der Waals surface area contributed by atoms with Gasteiger partial charge in [0.1, 0.15) is 0 Å². The molecule has 0 spiro atoms. The minimum Gasteiger partial charge on any atom is -0.357 e. The lowest BCUT2D eigenvalue weighted by Gasteiger charge is -2.23. The number of nitrogens with one attached hydrogen (secondary N) is 2. The molecule has 1 aliphatic heterocycles. The van der Waals surface area contributed by atoms with Crippen molar-refractivity contribution in [1.29, 1.82) is 0 Å². The topological polar surface area (TPSA) is 52.6 Å². The molecule has 1 aromatic rings. The Balaban J connectivity index is 0.00000264. The Hall–Kier alpha value is -0.410. The Morgan fingerprint density at radius 1 is 1.35 bits per heavy atom. The second kappa shape index (κ2) is 10.5. The normalized spacial score (nSPS) is 18.8. The van der Waals surface area contributed by atoms with Gasteiger partial charge in [0.25, 0.3) is 0 Å². The van der Waals surface area contributed by atoms with Crippen LogP contribution in [0.4, 0.5) is 0 Å². The van der Waals surface area contributed by atoms with Crippen LogP contribution in [-0.2, 0) is 6.54 Å². The zero-order valence-electron chi connectivity index (χ0n) is 14.7. The maximum Gasteiger partial charge on any atom is 0.191 e. The van der Waals surface area contributed by atoms with Gasteiger partial charge in [-0.3, -0.25) is 4.90 Å². The number of aromatic nitrogens is 1. The van der Waals surface area contributed by atoms with Gasteiger partial charge >= 0.3 is 0 Å². The van der Waals surface area contributed by atoms with Crippen molar-refractivity contribution >= 4 is 41.3 Å². The van der Waals surface area contributed by atoms with E-state index in [1.165, 1.54) is 24.3 Å². The highest BCUT2D eigenvalue weighted by Crippen LogP contribution is 2.18. The van der Waals surface area contributed by atoms with E-state index in [2.05, 4.69) is 41.3 Å². The van der Waals surface area contributed by atoms with Gasteiger partial charge in [-0.1, -0.05) is 6.92 Å². The number of nitrogens with zero attached hydrogens (tertiary/aromatic N) is 3. The number of rotatable bonds is 6. The molecule has 0 saturated carbocycles. The van der Waals surface area contributed by atoms with Crippen LogP contribution in [0.1, 0.15) is 42.3 Å². The highest BCUT2D eigenvalue weighted by atomic mass is 127. The number of thiazole rings is 1. The molecule has 0 amide bonds. The molecule has 2 N–H and O–H groups in total. The van der Waals surface area contributed by atoms with E-state index in [1.807, 2.05) is 6.92 Å². The van der Waals surface area contributed by atoms with Crippen molar-refractivity contribution in [3.8, 4) is 0 Å². The fourth-order valence-corrected chi connectivity index (χ4v) is 3.83. The molecule has 132 valence electrons. The lowest BCUT2D eigenvalue weighted by Crippen LogP contribution is -2.44. The minimum absolute atomic E-state index is 0. The molecule has 1 aromatic heterocycles. The summed E-state index contributed by atoms with van der Waals surface area (Å²) in [5.74, 6) is 0.913. The zero-order valence-corrected chi connectivity index (χ0v) is 17.8. The SMILES string of the molecule is CCNC(=NCc1sc(C)nc1C)NCC1CCCN1CC.I. The van der Waals surface area contributed by atoms with Gasteiger partial charge in [-0.15, -0.1) is 35.3 Å². The maximum atomic E-state index is 4.72. The first-order valence-electron chi connectivity index (χ1n) is 8.33. The van der Waals surface area contributed by atoms with Crippen molar-refractivity contribution in [2.24, 2.45) is 4.99 Å². The van der Waals surface area contributed by atoms with E-state index >= 15 is 0 Å². The third kappa shape index (κ3) is 6.19. The van der Waals surface area contributed by atoms with Crippen molar-refractivity contribution in [2.45, 2.75) is 53.1 Å². The summed E-state index contributed by atoms with van der Waals surface area (Å²) in [5.41, 5.74) is 1.11. The number of aryl methyl sites for hydroxylation is 2. The average Bonchev–Trinajstić information content (AvgIpc) is 3.07. The first-order chi connectivity index (χ1) is 10.6. The van der Waals surface area contributed by atoms with Crippen LogP contribution >= 0.6 is 35.3 Å². The number of likely N-dealkylation sites (N-methyl/N-ethyl adjacent to an activating group) is 1. The molecule has 1 saturated heterocycles. The summed E-state index contributed by atoms with van der Waals surface area (Å²) in [5, 5.41) is 7.96. The van der Waals surface area contributed by atoms with Gasteiger partial charge in [-0.05, 0) is 46.7 Å². The number of likely N-dealkylation sites (tertiary alicyclic amines) is 1. The summed E-state index contributed by atoms with van der Waals surface area (Å²) in [7, 11) is 0. The van der Waals surface area contributed by atoms with Gasteiger partial charge in [-0.2, -0.15) is 0 Å².